The number of hydrogen-bond acceptors (Lipinski definition) is 3. The van der Waals surface area contributed by atoms with Crippen molar-refractivity contribution >= 4 is 29.9 Å². The standard InChI is InChI=1S/C11H18N4O.HI/c1-16-9-8-15-11(12)14-7-5-10-4-2-3-6-13-10;/h2-4,6H,5,7-9H2,1H3,(H3,12,14,15);1H. The summed E-state index contributed by atoms with van der Waals surface area (Å²) in [5.41, 5.74) is 6.68. The second kappa shape index (κ2) is 10.3. The van der Waals surface area contributed by atoms with Crippen LogP contribution in [-0.2, 0) is 11.2 Å². The number of aromatic nitrogens is 1. The zero-order valence-corrected chi connectivity index (χ0v) is 12.3. The maximum absolute atomic E-state index is 5.64. The number of nitrogens with one attached hydrogen (secondary N) is 1. The molecule has 1 aromatic rings. The van der Waals surface area contributed by atoms with E-state index < -0.39 is 0 Å². The van der Waals surface area contributed by atoms with E-state index >= 15 is 0 Å². The van der Waals surface area contributed by atoms with Crippen molar-refractivity contribution < 1.29 is 4.74 Å². The van der Waals surface area contributed by atoms with Gasteiger partial charge in [-0.05, 0) is 12.1 Å². The molecule has 0 aliphatic carbocycles. The number of pyridine rings is 1. The smallest absolute Gasteiger partial charge is 0.188 e. The molecule has 5 nitrogen and oxygen atoms in total. The molecule has 1 aromatic heterocycles. The van der Waals surface area contributed by atoms with E-state index in [1.165, 1.54) is 0 Å². The van der Waals surface area contributed by atoms with Crippen LogP contribution in [0.2, 0.25) is 0 Å². The van der Waals surface area contributed by atoms with Crippen molar-refractivity contribution in [2.24, 2.45) is 10.7 Å². The molecule has 0 aliphatic heterocycles. The Morgan fingerprint density at radius 2 is 2.35 bits per heavy atom. The van der Waals surface area contributed by atoms with Crippen LogP contribution in [0.1, 0.15) is 5.69 Å². The average molecular weight is 350 g/mol. The molecule has 0 saturated carbocycles. The van der Waals surface area contributed by atoms with Crippen LogP contribution in [0.15, 0.2) is 29.4 Å². The van der Waals surface area contributed by atoms with E-state index in [4.69, 9.17) is 10.5 Å². The third-order valence-corrected chi connectivity index (χ3v) is 1.99. The molecule has 1 heterocycles. The van der Waals surface area contributed by atoms with E-state index in [9.17, 15) is 0 Å². The van der Waals surface area contributed by atoms with E-state index in [1.807, 2.05) is 18.2 Å². The summed E-state index contributed by atoms with van der Waals surface area (Å²) in [6.07, 6.45) is 2.62. The summed E-state index contributed by atoms with van der Waals surface area (Å²) in [7, 11) is 1.64. The average Bonchev–Trinajstić information content (AvgIpc) is 2.31. The highest BCUT2D eigenvalue weighted by Gasteiger charge is 1.94. The highest BCUT2D eigenvalue weighted by atomic mass is 127. The lowest BCUT2D eigenvalue weighted by atomic mass is 10.3. The van der Waals surface area contributed by atoms with E-state index in [-0.39, 0.29) is 24.0 Å². The Kier molecular flexibility index (Phi) is 9.74. The molecule has 3 N–H and O–H groups in total. The summed E-state index contributed by atoms with van der Waals surface area (Å²) < 4.78 is 4.87. The number of aliphatic imine (C=N–C) groups is 1. The van der Waals surface area contributed by atoms with Gasteiger partial charge in [-0.1, -0.05) is 6.07 Å². The summed E-state index contributed by atoms with van der Waals surface area (Å²) >= 11 is 0. The topological polar surface area (TPSA) is 72.5 Å². The lowest BCUT2D eigenvalue weighted by Gasteiger charge is -2.04. The van der Waals surface area contributed by atoms with Crippen molar-refractivity contribution in [1.82, 2.24) is 10.3 Å². The first kappa shape index (κ1) is 16.1. The largest absolute Gasteiger partial charge is 0.383 e. The highest BCUT2D eigenvalue weighted by Crippen LogP contribution is 1.92. The SMILES string of the molecule is COCCN=C(N)NCCc1ccccn1.I. The molecule has 0 radical (unpaired) electrons. The molecule has 17 heavy (non-hydrogen) atoms. The normalized spacial score (nSPS) is 10.8. The number of guanidine groups is 1. The van der Waals surface area contributed by atoms with Gasteiger partial charge in [-0.2, -0.15) is 0 Å². The van der Waals surface area contributed by atoms with Crippen molar-refractivity contribution in [1.29, 1.82) is 0 Å². The van der Waals surface area contributed by atoms with Crippen LogP contribution >= 0.6 is 24.0 Å². The van der Waals surface area contributed by atoms with Crippen LogP contribution in [0.5, 0.6) is 0 Å². The summed E-state index contributed by atoms with van der Waals surface area (Å²) in [4.78, 5) is 8.29. The number of rotatable bonds is 6. The quantitative estimate of drug-likeness (QED) is 0.344. The minimum atomic E-state index is 0. The summed E-state index contributed by atoms with van der Waals surface area (Å²) in [6.45, 7) is 1.90. The van der Waals surface area contributed by atoms with Crippen molar-refractivity contribution in [3.8, 4) is 0 Å². The first-order chi connectivity index (χ1) is 7.83. The van der Waals surface area contributed by atoms with Crippen LogP contribution in [0, 0.1) is 0 Å². The molecule has 0 atom stereocenters. The second-order valence-electron chi connectivity index (χ2n) is 3.26. The van der Waals surface area contributed by atoms with Gasteiger partial charge in [-0.25, -0.2) is 0 Å². The third kappa shape index (κ3) is 7.92. The molecule has 96 valence electrons. The molecule has 0 amide bonds. The lowest BCUT2D eigenvalue weighted by Crippen LogP contribution is -2.33. The second-order valence-corrected chi connectivity index (χ2v) is 3.26. The number of nitrogens with zero attached hydrogens (tertiary/aromatic N) is 2. The Morgan fingerprint density at radius 1 is 1.53 bits per heavy atom. The third-order valence-electron chi connectivity index (χ3n) is 1.99. The van der Waals surface area contributed by atoms with Gasteiger partial charge in [0.2, 0.25) is 0 Å². The van der Waals surface area contributed by atoms with Crippen molar-refractivity contribution in [3.63, 3.8) is 0 Å². The van der Waals surface area contributed by atoms with E-state index in [2.05, 4.69) is 15.3 Å². The van der Waals surface area contributed by atoms with Gasteiger partial charge in [-0.15, -0.1) is 24.0 Å². The molecular weight excluding hydrogens is 331 g/mol. The predicted molar refractivity (Wildman–Crippen MR) is 79.7 cm³/mol. The van der Waals surface area contributed by atoms with Crippen LogP contribution in [0.25, 0.3) is 0 Å². The first-order valence-electron chi connectivity index (χ1n) is 5.25. The van der Waals surface area contributed by atoms with E-state index in [0.717, 1.165) is 18.7 Å². The molecule has 0 aromatic carbocycles. The molecule has 0 aliphatic rings. The monoisotopic (exact) mass is 350 g/mol. The maximum atomic E-state index is 5.64. The Labute approximate surface area is 119 Å². The fraction of sp³-hybridized carbons (Fsp3) is 0.455. The molecule has 0 unspecified atom stereocenters. The van der Waals surface area contributed by atoms with Crippen LogP contribution in [0.4, 0.5) is 0 Å². The Bertz CT molecular complexity index is 319. The Hall–Kier alpha value is -0.890. The first-order valence-corrected chi connectivity index (χ1v) is 5.25. The molecule has 6 heteroatoms. The molecule has 0 bridgehead atoms. The molecule has 1 rings (SSSR count). The minimum absolute atomic E-state index is 0. The van der Waals surface area contributed by atoms with Gasteiger partial charge in [0, 0.05) is 32.0 Å². The molecule has 0 fully saturated rings. The Balaban J connectivity index is 0.00000256. The summed E-state index contributed by atoms with van der Waals surface area (Å²) in [5.74, 6) is 0.452. The highest BCUT2D eigenvalue weighted by molar-refractivity contribution is 14.0. The predicted octanol–water partition coefficient (Wildman–Crippen LogP) is 0.793. The van der Waals surface area contributed by atoms with Gasteiger partial charge >= 0.3 is 0 Å². The van der Waals surface area contributed by atoms with Crippen molar-refractivity contribution in [3.05, 3.63) is 30.1 Å². The summed E-state index contributed by atoms with van der Waals surface area (Å²) in [5, 5.41) is 3.02. The van der Waals surface area contributed by atoms with Crippen molar-refractivity contribution in [2.75, 3.05) is 26.8 Å². The molecule has 0 spiro atoms. The van der Waals surface area contributed by atoms with E-state index in [0.29, 0.717) is 19.1 Å². The number of hydrogen-bond donors (Lipinski definition) is 2. The van der Waals surface area contributed by atoms with Crippen LogP contribution in [-0.4, -0.2) is 37.7 Å². The summed E-state index contributed by atoms with van der Waals surface area (Å²) in [6, 6.07) is 5.86. The van der Waals surface area contributed by atoms with Crippen molar-refractivity contribution in [2.45, 2.75) is 6.42 Å². The fourth-order valence-corrected chi connectivity index (χ4v) is 1.18. The molecule has 0 saturated heterocycles. The van der Waals surface area contributed by atoms with Gasteiger partial charge in [0.1, 0.15) is 0 Å². The Morgan fingerprint density at radius 3 is 3.00 bits per heavy atom. The lowest BCUT2D eigenvalue weighted by molar-refractivity contribution is 0.208. The van der Waals surface area contributed by atoms with Gasteiger partial charge in [0.25, 0.3) is 0 Å². The number of nitrogens with two attached hydrogens (primary N) is 1. The van der Waals surface area contributed by atoms with Gasteiger partial charge in [-0.3, -0.25) is 9.98 Å². The maximum Gasteiger partial charge on any atom is 0.188 e. The van der Waals surface area contributed by atoms with E-state index in [1.54, 1.807) is 13.3 Å². The van der Waals surface area contributed by atoms with Gasteiger partial charge in [0.05, 0.1) is 13.2 Å². The van der Waals surface area contributed by atoms with Crippen LogP contribution in [0.3, 0.4) is 0 Å². The number of halogens is 1. The van der Waals surface area contributed by atoms with Gasteiger partial charge < -0.3 is 15.8 Å². The fourth-order valence-electron chi connectivity index (χ4n) is 1.18. The molecular formula is C11H19IN4O. The minimum Gasteiger partial charge on any atom is -0.383 e. The van der Waals surface area contributed by atoms with Crippen LogP contribution < -0.4 is 11.1 Å². The zero-order chi connectivity index (χ0) is 11.6. The zero-order valence-electron chi connectivity index (χ0n) is 9.93. The number of ether oxygens (including phenoxy) is 1. The number of methoxy groups -OCH3 is 1. The van der Waals surface area contributed by atoms with Gasteiger partial charge in [0.15, 0.2) is 5.96 Å².